The van der Waals surface area contributed by atoms with Crippen LogP contribution in [-0.4, -0.2) is 40.9 Å². The van der Waals surface area contributed by atoms with Gasteiger partial charge in [-0.15, -0.1) is 0 Å². The number of rotatable bonds is 7. The quantitative estimate of drug-likeness (QED) is 0.324. The Bertz CT molecular complexity index is 357. The number of carbonyl (C=O) groups is 4. The molecule has 0 spiro atoms. The molecule has 0 aliphatic rings. The SMILES string of the molecule is NC(=O)CC(N)C(=O)NC(=O)CCC(N)C(=O)O. The zero-order valence-corrected chi connectivity index (χ0v) is 9.59. The Hall–Kier alpha value is -2.00. The number of nitrogens with one attached hydrogen (secondary N) is 1. The van der Waals surface area contributed by atoms with Crippen molar-refractivity contribution in [3.63, 3.8) is 0 Å². The molecule has 9 nitrogen and oxygen atoms in total. The average Bonchev–Trinajstić information content (AvgIpc) is 2.24. The average molecular weight is 260 g/mol. The fourth-order valence-electron chi connectivity index (χ4n) is 1.01. The molecule has 102 valence electrons. The summed E-state index contributed by atoms with van der Waals surface area (Å²) in [6.07, 6.45) is -0.726. The van der Waals surface area contributed by atoms with Crippen molar-refractivity contribution in [3.05, 3.63) is 0 Å². The van der Waals surface area contributed by atoms with Gasteiger partial charge in [0.05, 0.1) is 12.5 Å². The summed E-state index contributed by atoms with van der Waals surface area (Å²) in [5, 5.41) is 10.4. The fraction of sp³-hybridized carbons (Fsp3) is 0.556. The van der Waals surface area contributed by atoms with Crippen molar-refractivity contribution in [2.75, 3.05) is 0 Å². The molecule has 2 unspecified atom stereocenters. The molecule has 0 aliphatic carbocycles. The van der Waals surface area contributed by atoms with E-state index in [0.717, 1.165) is 0 Å². The highest BCUT2D eigenvalue weighted by Crippen LogP contribution is 1.95. The van der Waals surface area contributed by atoms with Crippen molar-refractivity contribution in [1.82, 2.24) is 5.32 Å². The lowest BCUT2D eigenvalue weighted by Gasteiger charge is -2.10. The molecule has 0 heterocycles. The first-order valence-corrected chi connectivity index (χ1v) is 5.10. The third kappa shape index (κ3) is 6.55. The summed E-state index contributed by atoms with van der Waals surface area (Å²) in [5.41, 5.74) is 15.3. The molecule has 0 aromatic heterocycles. The number of hydrogen-bond acceptors (Lipinski definition) is 6. The summed E-state index contributed by atoms with van der Waals surface area (Å²) < 4.78 is 0. The van der Waals surface area contributed by atoms with E-state index in [4.69, 9.17) is 22.3 Å². The van der Waals surface area contributed by atoms with Crippen molar-refractivity contribution in [2.24, 2.45) is 17.2 Å². The van der Waals surface area contributed by atoms with E-state index < -0.39 is 35.8 Å². The maximum absolute atomic E-state index is 11.3. The van der Waals surface area contributed by atoms with Crippen molar-refractivity contribution in [1.29, 1.82) is 0 Å². The number of nitrogens with two attached hydrogens (primary N) is 3. The Morgan fingerprint density at radius 1 is 1.11 bits per heavy atom. The van der Waals surface area contributed by atoms with Crippen molar-refractivity contribution < 1.29 is 24.3 Å². The minimum Gasteiger partial charge on any atom is -0.480 e. The summed E-state index contributed by atoms with van der Waals surface area (Å²) >= 11 is 0. The third-order valence-corrected chi connectivity index (χ3v) is 2.02. The Morgan fingerprint density at radius 2 is 1.67 bits per heavy atom. The van der Waals surface area contributed by atoms with Gasteiger partial charge < -0.3 is 22.3 Å². The maximum atomic E-state index is 11.3. The molecule has 3 amide bonds. The third-order valence-electron chi connectivity index (χ3n) is 2.02. The summed E-state index contributed by atoms with van der Waals surface area (Å²) in [5.74, 6) is -3.56. The lowest BCUT2D eigenvalue weighted by atomic mass is 10.1. The second-order valence-corrected chi connectivity index (χ2v) is 3.67. The summed E-state index contributed by atoms with van der Waals surface area (Å²) in [6.45, 7) is 0. The van der Waals surface area contributed by atoms with E-state index in [-0.39, 0.29) is 19.3 Å². The zero-order valence-electron chi connectivity index (χ0n) is 9.59. The molecular weight excluding hydrogens is 244 g/mol. The number of hydrogen-bond donors (Lipinski definition) is 5. The first-order valence-electron chi connectivity index (χ1n) is 5.10. The number of amides is 3. The first kappa shape index (κ1) is 16.0. The van der Waals surface area contributed by atoms with Crippen LogP contribution in [0.5, 0.6) is 0 Å². The van der Waals surface area contributed by atoms with Crippen LogP contribution in [0.25, 0.3) is 0 Å². The topological polar surface area (TPSA) is 179 Å². The second kappa shape index (κ2) is 7.35. The van der Waals surface area contributed by atoms with E-state index in [9.17, 15) is 19.2 Å². The van der Waals surface area contributed by atoms with Gasteiger partial charge in [-0.2, -0.15) is 0 Å². The van der Waals surface area contributed by atoms with Crippen LogP contribution in [0.2, 0.25) is 0 Å². The largest absolute Gasteiger partial charge is 0.480 e. The van der Waals surface area contributed by atoms with Crippen LogP contribution < -0.4 is 22.5 Å². The zero-order chi connectivity index (χ0) is 14.3. The molecule has 0 aromatic carbocycles. The van der Waals surface area contributed by atoms with Gasteiger partial charge in [-0.05, 0) is 6.42 Å². The van der Waals surface area contributed by atoms with Gasteiger partial charge in [0, 0.05) is 6.42 Å². The van der Waals surface area contributed by atoms with Crippen LogP contribution in [0, 0.1) is 0 Å². The van der Waals surface area contributed by atoms with Crippen LogP contribution in [0.3, 0.4) is 0 Å². The number of imide groups is 1. The van der Waals surface area contributed by atoms with Crippen molar-refractivity contribution >= 4 is 23.7 Å². The molecule has 2 atom stereocenters. The number of primary amides is 1. The molecule has 0 radical (unpaired) electrons. The standard InChI is InChI=1S/C9H16N4O5/c10-4(9(17)18)1-2-7(15)13-8(16)5(11)3-6(12)14/h4-5H,1-3,10-11H2,(H2,12,14)(H,17,18)(H,13,15,16). The highest BCUT2D eigenvalue weighted by atomic mass is 16.4. The molecule has 0 saturated heterocycles. The number of aliphatic carboxylic acids is 1. The molecule has 8 N–H and O–H groups in total. The second-order valence-electron chi connectivity index (χ2n) is 3.67. The molecule has 0 saturated carbocycles. The van der Waals surface area contributed by atoms with E-state index in [2.05, 4.69) is 0 Å². The van der Waals surface area contributed by atoms with Crippen molar-refractivity contribution in [3.8, 4) is 0 Å². The minimum atomic E-state index is -1.24. The van der Waals surface area contributed by atoms with E-state index in [1.54, 1.807) is 0 Å². The van der Waals surface area contributed by atoms with Gasteiger partial charge in [-0.3, -0.25) is 24.5 Å². The molecule has 0 fully saturated rings. The van der Waals surface area contributed by atoms with Gasteiger partial charge in [-0.1, -0.05) is 0 Å². The minimum absolute atomic E-state index is 0.112. The van der Waals surface area contributed by atoms with Gasteiger partial charge in [0.1, 0.15) is 6.04 Å². The molecule has 9 heteroatoms. The molecule has 0 rings (SSSR count). The molecule has 0 bridgehead atoms. The van der Waals surface area contributed by atoms with Gasteiger partial charge in [0.15, 0.2) is 0 Å². The number of carboxylic acids is 1. The molecule has 0 aromatic rings. The normalized spacial score (nSPS) is 13.4. The predicted molar refractivity (Wildman–Crippen MR) is 59.8 cm³/mol. The Morgan fingerprint density at radius 3 is 2.11 bits per heavy atom. The lowest BCUT2D eigenvalue weighted by Crippen LogP contribution is -2.45. The highest BCUT2D eigenvalue weighted by molar-refractivity contribution is 5.99. The van der Waals surface area contributed by atoms with Crippen molar-refractivity contribution in [2.45, 2.75) is 31.3 Å². The molecular formula is C9H16N4O5. The van der Waals surface area contributed by atoms with Crippen LogP contribution in [-0.2, 0) is 19.2 Å². The summed E-state index contributed by atoms with van der Waals surface area (Å²) in [7, 11) is 0. The monoisotopic (exact) mass is 260 g/mol. The van der Waals surface area contributed by atoms with Gasteiger partial charge in [-0.25, -0.2) is 0 Å². The van der Waals surface area contributed by atoms with Crippen LogP contribution >= 0.6 is 0 Å². The lowest BCUT2D eigenvalue weighted by molar-refractivity contribution is -0.138. The predicted octanol–water partition coefficient (Wildman–Crippen LogP) is -2.98. The highest BCUT2D eigenvalue weighted by Gasteiger charge is 2.19. The van der Waals surface area contributed by atoms with Crippen LogP contribution in [0.4, 0.5) is 0 Å². The van der Waals surface area contributed by atoms with E-state index in [1.165, 1.54) is 0 Å². The Balaban J connectivity index is 4.05. The molecule has 18 heavy (non-hydrogen) atoms. The number of carbonyl (C=O) groups excluding carboxylic acids is 3. The maximum Gasteiger partial charge on any atom is 0.320 e. The van der Waals surface area contributed by atoms with Gasteiger partial charge >= 0.3 is 5.97 Å². The first-order chi connectivity index (χ1) is 8.23. The van der Waals surface area contributed by atoms with Gasteiger partial charge in [0.2, 0.25) is 17.7 Å². The Labute approximate surface area is 103 Å². The van der Waals surface area contributed by atoms with Crippen LogP contribution in [0.1, 0.15) is 19.3 Å². The number of carboxylic acid groups (broad SMARTS) is 1. The fourth-order valence-corrected chi connectivity index (χ4v) is 1.01. The van der Waals surface area contributed by atoms with Gasteiger partial charge in [0.25, 0.3) is 0 Å². The van der Waals surface area contributed by atoms with E-state index in [0.29, 0.717) is 0 Å². The van der Waals surface area contributed by atoms with Crippen LogP contribution in [0.15, 0.2) is 0 Å². The molecule has 0 aliphatic heterocycles. The van der Waals surface area contributed by atoms with E-state index >= 15 is 0 Å². The summed E-state index contributed by atoms with van der Waals surface area (Å²) in [6, 6.07) is -2.38. The Kier molecular flexibility index (Phi) is 6.53. The van der Waals surface area contributed by atoms with E-state index in [1.807, 2.05) is 5.32 Å². The smallest absolute Gasteiger partial charge is 0.320 e. The summed E-state index contributed by atoms with van der Waals surface area (Å²) in [4.78, 5) is 43.3.